The van der Waals surface area contributed by atoms with E-state index in [2.05, 4.69) is 20.4 Å². The Hall–Kier alpha value is -3.37. The van der Waals surface area contributed by atoms with Gasteiger partial charge in [0.15, 0.2) is 5.82 Å². The number of anilines is 1. The van der Waals surface area contributed by atoms with Gasteiger partial charge in [-0.25, -0.2) is 4.39 Å². The Labute approximate surface area is 200 Å². The second-order valence-electron chi connectivity index (χ2n) is 8.47. The van der Waals surface area contributed by atoms with Crippen LogP contribution in [0.25, 0.3) is 5.69 Å². The molecule has 0 radical (unpaired) electrons. The lowest BCUT2D eigenvalue weighted by Crippen LogP contribution is -2.50. The summed E-state index contributed by atoms with van der Waals surface area (Å²) in [4.78, 5) is 31.3. The van der Waals surface area contributed by atoms with Gasteiger partial charge >= 0.3 is 0 Å². The van der Waals surface area contributed by atoms with E-state index in [1.54, 1.807) is 41.3 Å². The molecule has 2 aromatic carbocycles. The van der Waals surface area contributed by atoms with Crippen molar-refractivity contribution in [1.82, 2.24) is 30.0 Å². The maximum absolute atomic E-state index is 13.6. The van der Waals surface area contributed by atoms with E-state index in [9.17, 15) is 14.0 Å². The number of carbonyl (C=O) groups is 2. The van der Waals surface area contributed by atoms with Crippen LogP contribution in [0, 0.1) is 11.7 Å². The molecule has 3 heterocycles. The Bertz CT molecular complexity index is 1190. The summed E-state index contributed by atoms with van der Waals surface area (Å²) in [6, 6.07) is 13.2. The van der Waals surface area contributed by atoms with Crippen LogP contribution < -0.4 is 4.90 Å². The Kier molecular flexibility index (Phi) is 6.25. The van der Waals surface area contributed by atoms with Gasteiger partial charge in [-0.2, -0.15) is 4.68 Å². The van der Waals surface area contributed by atoms with Crippen molar-refractivity contribution in [2.75, 3.05) is 37.6 Å². The lowest BCUT2D eigenvalue weighted by molar-refractivity contribution is -0.137. The van der Waals surface area contributed by atoms with Gasteiger partial charge in [-0.05, 0) is 52.9 Å². The molecule has 34 heavy (non-hydrogen) atoms. The van der Waals surface area contributed by atoms with E-state index in [4.69, 9.17) is 11.6 Å². The van der Waals surface area contributed by atoms with Crippen LogP contribution in [0.4, 0.5) is 10.1 Å². The van der Waals surface area contributed by atoms with Crippen molar-refractivity contribution in [3.63, 3.8) is 0 Å². The number of halogens is 2. The van der Waals surface area contributed by atoms with E-state index in [-0.39, 0.29) is 30.0 Å². The van der Waals surface area contributed by atoms with Gasteiger partial charge < -0.3 is 9.80 Å². The third-order valence-corrected chi connectivity index (χ3v) is 6.50. The van der Waals surface area contributed by atoms with Crippen molar-refractivity contribution in [3.05, 3.63) is 65.2 Å². The quantitative estimate of drug-likeness (QED) is 0.552. The van der Waals surface area contributed by atoms with Gasteiger partial charge in [0.1, 0.15) is 5.82 Å². The number of hydrogen-bond acceptors (Lipinski definition) is 6. The fourth-order valence-electron chi connectivity index (χ4n) is 4.44. The molecule has 0 spiro atoms. The standard InChI is InChI=1S/C23H23ClFN7O2/c24-17-4-6-19(7-5-17)31-14-16(12-22(31)33)23(34)30-10-8-29(9-11-30)15-21-26-27-28-32(21)20-3-1-2-18(25)13-20/h1-7,13,16H,8-12,14-15H2. The van der Waals surface area contributed by atoms with Crippen LogP contribution in [0.5, 0.6) is 0 Å². The van der Waals surface area contributed by atoms with Gasteiger partial charge in [-0.3, -0.25) is 14.5 Å². The molecule has 2 fully saturated rings. The number of hydrogen-bond donors (Lipinski definition) is 0. The number of rotatable bonds is 5. The van der Waals surface area contributed by atoms with Gasteiger partial charge in [0, 0.05) is 49.9 Å². The second-order valence-corrected chi connectivity index (χ2v) is 8.91. The number of amides is 2. The van der Waals surface area contributed by atoms with Gasteiger partial charge in [-0.1, -0.05) is 17.7 Å². The highest BCUT2D eigenvalue weighted by molar-refractivity contribution is 6.30. The lowest BCUT2D eigenvalue weighted by atomic mass is 10.1. The van der Waals surface area contributed by atoms with Gasteiger partial charge in [-0.15, -0.1) is 5.10 Å². The van der Waals surface area contributed by atoms with Crippen molar-refractivity contribution in [2.24, 2.45) is 5.92 Å². The molecule has 2 amide bonds. The molecule has 2 aliphatic rings. The number of tetrazole rings is 1. The molecule has 1 unspecified atom stereocenters. The first kappa shape index (κ1) is 22.4. The third kappa shape index (κ3) is 4.64. The molecule has 9 nitrogen and oxygen atoms in total. The van der Waals surface area contributed by atoms with Crippen molar-refractivity contribution < 1.29 is 14.0 Å². The minimum atomic E-state index is -0.355. The van der Waals surface area contributed by atoms with Crippen LogP contribution in [-0.2, 0) is 16.1 Å². The van der Waals surface area contributed by atoms with E-state index < -0.39 is 0 Å². The molecular formula is C23H23ClFN7O2. The average molecular weight is 484 g/mol. The van der Waals surface area contributed by atoms with E-state index in [0.29, 0.717) is 55.8 Å². The number of benzene rings is 2. The Morgan fingerprint density at radius 1 is 1.06 bits per heavy atom. The van der Waals surface area contributed by atoms with Crippen LogP contribution in [0.2, 0.25) is 5.02 Å². The first-order chi connectivity index (χ1) is 16.5. The largest absolute Gasteiger partial charge is 0.340 e. The predicted octanol–water partition coefficient (Wildman–Crippen LogP) is 2.15. The van der Waals surface area contributed by atoms with E-state index >= 15 is 0 Å². The highest BCUT2D eigenvalue weighted by atomic mass is 35.5. The number of piperazine rings is 1. The average Bonchev–Trinajstić information content (AvgIpc) is 3.46. The van der Waals surface area contributed by atoms with E-state index in [1.807, 2.05) is 4.90 Å². The summed E-state index contributed by atoms with van der Waals surface area (Å²) >= 11 is 5.94. The first-order valence-electron chi connectivity index (χ1n) is 11.1. The molecule has 2 aliphatic heterocycles. The monoisotopic (exact) mass is 483 g/mol. The van der Waals surface area contributed by atoms with Crippen LogP contribution in [0.1, 0.15) is 12.2 Å². The fraction of sp³-hybridized carbons (Fsp3) is 0.348. The van der Waals surface area contributed by atoms with Crippen molar-refractivity contribution in [1.29, 1.82) is 0 Å². The van der Waals surface area contributed by atoms with Crippen LogP contribution in [-0.4, -0.2) is 74.5 Å². The Morgan fingerprint density at radius 3 is 2.56 bits per heavy atom. The topological polar surface area (TPSA) is 87.5 Å². The number of nitrogens with zero attached hydrogens (tertiary/aromatic N) is 7. The molecule has 1 aromatic heterocycles. The molecule has 0 saturated carbocycles. The lowest BCUT2D eigenvalue weighted by Gasteiger charge is -2.35. The Morgan fingerprint density at radius 2 is 1.82 bits per heavy atom. The van der Waals surface area contributed by atoms with Gasteiger partial charge in [0.2, 0.25) is 11.8 Å². The maximum Gasteiger partial charge on any atom is 0.228 e. The molecule has 2 saturated heterocycles. The Balaban J connectivity index is 1.17. The summed E-state index contributed by atoms with van der Waals surface area (Å²) in [5.74, 6) is -0.149. The molecule has 1 atom stereocenters. The zero-order valence-electron chi connectivity index (χ0n) is 18.3. The molecule has 11 heteroatoms. The normalized spacial score (nSPS) is 19.1. The summed E-state index contributed by atoms with van der Waals surface area (Å²) < 4.78 is 15.1. The highest BCUT2D eigenvalue weighted by Crippen LogP contribution is 2.27. The van der Waals surface area contributed by atoms with Gasteiger partial charge in [0.25, 0.3) is 0 Å². The minimum Gasteiger partial charge on any atom is -0.340 e. The first-order valence-corrected chi connectivity index (χ1v) is 11.5. The SMILES string of the molecule is O=C(C1CC(=O)N(c2ccc(Cl)cc2)C1)N1CCN(Cc2nnnn2-c2cccc(F)c2)CC1. The van der Waals surface area contributed by atoms with Crippen molar-refractivity contribution in [3.8, 4) is 5.69 Å². The van der Waals surface area contributed by atoms with Crippen molar-refractivity contribution >= 4 is 29.1 Å². The van der Waals surface area contributed by atoms with Crippen LogP contribution in [0.3, 0.4) is 0 Å². The summed E-state index contributed by atoms with van der Waals surface area (Å²) in [5.41, 5.74) is 1.32. The smallest absolute Gasteiger partial charge is 0.228 e. The molecule has 0 aliphatic carbocycles. The predicted molar refractivity (Wildman–Crippen MR) is 123 cm³/mol. The number of carbonyl (C=O) groups excluding carboxylic acids is 2. The molecular weight excluding hydrogens is 461 g/mol. The van der Waals surface area contributed by atoms with E-state index in [0.717, 1.165) is 5.69 Å². The highest BCUT2D eigenvalue weighted by Gasteiger charge is 2.38. The van der Waals surface area contributed by atoms with E-state index in [1.165, 1.54) is 16.8 Å². The van der Waals surface area contributed by atoms with Gasteiger partial charge in [0.05, 0.1) is 18.2 Å². The maximum atomic E-state index is 13.6. The second kappa shape index (κ2) is 9.47. The molecule has 176 valence electrons. The van der Waals surface area contributed by atoms with Crippen LogP contribution >= 0.6 is 11.6 Å². The molecule has 5 rings (SSSR count). The zero-order chi connectivity index (χ0) is 23.7. The molecule has 0 bridgehead atoms. The minimum absolute atomic E-state index is 0.00839. The molecule has 0 N–H and O–H groups in total. The van der Waals surface area contributed by atoms with Crippen molar-refractivity contribution in [2.45, 2.75) is 13.0 Å². The zero-order valence-corrected chi connectivity index (χ0v) is 19.1. The summed E-state index contributed by atoms with van der Waals surface area (Å²) in [5, 5.41) is 12.4. The third-order valence-electron chi connectivity index (χ3n) is 6.25. The number of aromatic nitrogens is 4. The summed E-state index contributed by atoms with van der Waals surface area (Å²) in [6.07, 6.45) is 0.212. The fourth-order valence-corrected chi connectivity index (χ4v) is 4.57. The summed E-state index contributed by atoms with van der Waals surface area (Å²) in [7, 11) is 0. The summed E-state index contributed by atoms with van der Waals surface area (Å²) in [6.45, 7) is 3.30. The molecule has 3 aromatic rings. The van der Waals surface area contributed by atoms with Crippen LogP contribution in [0.15, 0.2) is 48.5 Å².